The van der Waals surface area contributed by atoms with Crippen LogP contribution < -0.4 is 27.2 Å². The van der Waals surface area contributed by atoms with Gasteiger partial charge < -0.3 is 21.7 Å². The van der Waals surface area contributed by atoms with Gasteiger partial charge >= 0.3 is 0 Å². The average Bonchev–Trinajstić information content (AvgIpc) is 2.84. The predicted molar refractivity (Wildman–Crippen MR) is 129 cm³/mol. The van der Waals surface area contributed by atoms with Gasteiger partial charge in [-0.25, -0.2) is 5.48 Å². The first-order chi connectivity index (χ1) is 16.3. The highest BCUT2D eigenvalue weighted by Crippen LogP contribution is 2.08. The van der Waals surface area contributed by atoms with Crippen molar-refractivity contribution in [1.29, 1.82) is 0 Å². The van der Waals surface area contributed by atoms with Gasteiger partial charge in [-0.3, -0.25) is 19.6 Å². The standard InChI is InChI=1S/C25H27N5O4/c1-17(2)27-16-23(31)28-21-13-9-19(10-14-21)6-4-3-5-18-7-11-20(12-8-18)24(32)29-22(15-26)25(33)30-34/h7-14,17,22,27,34H,15-16,26H2,1-2H3,(H,28,31)(H,29,32)(H,30,33)/t22-/m0/s1. The minimum absolute atomic E-state index is 0.114. The Morgan fingerprint density at radius 1 is 0.941 bits per heavy atom. The van der Waals surface area contributed by atoms with Gasteiger partial charge in [0.15, 0.2) is 0 Å². The highest BCUT2D eigenvalue weighted by molar-refractivity contribution is 5.97. The molecule has 9 heteroatoms. The molecular formula is C25H27N5O4. The van der Waals surface area contributed by atoms with E-state index < -0.39 is 17.9 Å². The van der Waals surface area contributed by atoms with Crippen LogP contribution in [-0.2, 0) is 9.59 Å². The number of hydrogen-bond acceptors (Lipinski definition) is 6. The molecule has 0 saturated carbocycles. The number of nitrogens with one attached hydrogen (secondary N) is 4. The molecule has 2 rings (SSSR count). The second-order valence-corrected chi connectivity index (χ2v) is 7.48. The van der Waals surface area contributed by atoms with Crippen molar-refractivity contribution >= 4 is 23.4 Å². The van der Waals surface area contributed by atoms with Crippen LogP contribution in [0.4, 0.5) is 5.69 Å². The maximum absolute atomic E-state index is 12.2. The lowest BCUT2D eigenvalue weighted by molar-refractivity contribution is -0.130. The fourth-order valence-electron chi connectivity index (χ4n) is 2.60. The molecule has 176 valence electrons. The molecular weight excluding hydrogens is 434 g/mol. The fraction of sp³-hybridized carbons (Fsp3) is 0.240. The number of anilines is 1. The average molecular weight is 462 g/mol. The lowest BCUT2D eigenvalue weighted by Crippen LogP contribution is -2.50. The van der Waals surface area contributed by atoms with E-state index in [4.69, 9.17) is 10.9 Å². The molecule has 0 heterocycles. The normalized spacial score (nSPS) is 10.7. The molecule has 2 aromatic carbocycles. The molecule has 0 aromatic heterocycles. The number of hydrogen-bond donors (Lipinski definition) is 6. The maximum Gasteiger partial charge on any atom is 0.267 e. The molecule has 1 atom stereocenters. The monoisotopic (exact) mass is 461 g/mol. The summed E-state index contributed by atoms with van der Waals surface area (Å²) in [4.78, 5) is 35.4. The Bertz CT molecular complexity index is 1120. The van der Waals surface area contributed by atoms with Gasteiger partial charge in [0.25, 0.3) is 11.8 Å². The number of carbonyl (C=O) groups is 3. The summed E-state index contributed by atoms with van der Waals surface area (Å²) in [5, 5.41) is 16.9. The Kier molecular flexibility index (Phi) is 10.3. The van der Waals surface area contributed by atoms with Crippen molar-refractivity contribution in [2.45, 2.75) is 25.9 Å². The van der Waals surface area contributed by atoms with E-state index >= 15 is 0 Å². The number of benzene rings is 2. The zero-order chi connectivity index (χ0) is 24.9. The third-order valence-electron chi connectivity index (χ3n) is 4.43. The number of nitrogens with two attached hydrogens (primary N) is 1. The molecule has 7 N–H and O–H groups in total. The van der Waals surface area contributed by atoms with Gasteiger partial charge in [-0.15, -0.1) is 0 Å². The van der Waals surface area contributed by atoms with Crippen molar-refractivity contribution < 1.29 is 19.6 Å². The molecule has 34 heavy (non-hydrogen) atoms. The summed E-state index contributed by atoms with van der Waals surface area (Å²) in [6.07, 6.45) is 0. The highest BCUT2D eigenvalue weighted by atomic mass is 16.5. The number of amides is 3. The lowest BCUT2D eigenvalue weighted by atomic mass is 10.1. The van der Waals surface area contributed by atoms with Gasteiger partial charge in [0.2, 0.25) is 5.91 Å². The molecule has 0 saturated heterocycles. The summed E-state index contributed by atoms with van der Waals surface area (Å²) in [6.45, 7) is 4.03. The Hall–Kier alpha value is -4.15. The van der Waals surface area contributed by atoms with E-state index in [0.717, 1.165) is 5.56 Å². The quantitative estimate of drug-likeness (QED) is 0.193. The summed E-state index contributed by atoms with van der Waals surface area (Å²) in [7, 11) is 0. The predicted octanol–water partition coefficient (Wildman–Crippen LogP) is 0.589. The zero-order valence-corrected chi connectivity index (χ0v) is 18.9. The van der Waals surface area contributed by atoms with Crippen molar-refractivity contribution in [3.8, 4) is 23.7 Å². The van der Waals surface area contributed by atoms with Crippen LogP contribution in [0.5, 0.6) is 0 Å². The summed E-state index contributed by atoms with van der Waals surface area (Å²) < 4.78 is 0. The second-order valence-electron chi connectivity index (χ2n) is 7.48. The fourth-order valence-corrected chi connectivity index (χ4v) is 2.60. The van der Waals surface area contributed by atoms with Gasteiger partial charge in [-0.2, -0.15) is 0 Å². The first-order valence-electron chi connectivity index (χ1n) is 10.5. The van der Waals surface area contributed by atoms with Crippen LogP contribution in [0.2, 0.25) is 0 Å². The van der Waals surface area contributed by atoms with Crippen LogP contribution in [-0.4, -0.2) is 48.1 Å². The minimum Gasteiger partial charge on any atom is -0.339 e. The van der Waals surface area contributed by atoms with E-state index in [2.05, 4.69) is 39.6 Å². The van der Waals surface area contributed by atoms with E-state index in [1.807, 2.05) is 13.8 Å². The number of hydroxylamine groups is 1. The van der Waals surface area contributed by atoms with E-state index in [1.165, 1.54) is 5.48 Å². The van der Waals surface area contributed by atoms with Crippen LogP contribution in [0.3, 0.4) is 0 Å². The third kappa shape index (κ3) is 8.77. The van der Waals surface area contributed by atoms with Crippen molar-refractivity contribution in [2.75, 3.05) is 18.4 Å². The molecule has 9 nitrogen and oxygen atoms in total. The molecule has 0 radical (unpaired) electrons. The molecule has 2 aromatic rings. The Morgan fingerprint density at radius 2 is 1.50 bits per heavy atom. The minimum atomic E-state index is -1.04. The van der Waals surface area contributed by atoms with Crippen molar-refractivity contribution in [1.82, 2.24) is 16.1 Å². The molecule has 0 unspecified atom stereocenters. The van der Waals surface area contributed by atoms with Crippen LogP contribution in [0, 0.1) is 23.7 Å². The van der Waals surface area contributed by atoms with Crippen molar-refractivity contribution in [3.63, 3.8) is 0 Å². The Balaban J connectivity index is 1.92. The number of carbonyl (C=O) groups excluding carboxylic acids is 3. The molecule has 0 fully saturated rings. The Labute approximate surface area is 198 Å². The van der Waals surface area contributed by atoms with Gasteiger partial charge in [-0.05, 0) is 60.4 Å². The van der Waals surface area contributed by atoms with E-state index in [1.54, 1.807) is 48.5 Å². The molecule has 0 aliphatic heterocycles. The van der Waals surface area contributed by atoms with Crippen molar-refractivity contribution in [2.24, 2.45) is 5.73 Å². The smallest absolute Gasteiger partial charge is 0.267 e. The second kappa shape index (κ2) is 13.4. The van der Waals surface area contributed by atoms with Crippen LogP contribution in [0.1, 0.15) is 35.3 Å². The van der Waals surface area contributed by atoms with Gasteiger partial charge in [0.1, 0.15) is 6.04 Å². The van der Waals surface area contributed by atoms with Gasteiger partial charge in [0, 0.05) is 35.0 Å². The summed E-state index contributed by atoms with van der Waals surface area (Å²) in [5.41, 5.74) is 9.28. The van der Waals surface area contributed by atoms with E-state index in [9.17, 15) is 14.4 Å². The molecule has 0 aliphatic carbocycles. The highest BCUT2D eigenvalue weighted by Gasteiger charge is 2.19. The first kappa shape index (κ1) is 26.1. The third-order valence-corrected chi connectivity index (χ3v) is 4.43. The van der Waals surface area contributed by atoms with E-state index in [0.29, 0.717) is 16.8 Å². The molecule has 0 spiro atoms. The Morgan fingerprint density at radius 3 is 2.00 bits per heavy atom. The number of rotatable bonds is 8. The topological polar surface area (TPSA) is 146 Å². The largest absolute Gasteiger partial charge is 0.339 e. The van der Waals surface area contributed by atoms with Gasteiger partial charge in [0.05, 0.1) is 6.54 Å². The molecule has 0 bridgehead atoms. The summed E-state index contributed by atoms with van der Waals surface area (Å²) in [5.74, 6) is 9.91. The summed E-state index contributed by atoms with van der Waals surface area (Å²) >= 11 is 0. The van der Waals surface area contributed by atoms with Gasteiger partial charge in [-0.1, -0.05) is 25.7 Å². The van der Waals surface area contributed by atoms with Crippen LogP contribution in [0.25, 0.3) is 0 Å². The SMILES string of the molecule is CC(C)NCC(=O)Nc1ccc(C#CC#Cc2ccc(C(=O)N[C@@H](CN)C(=O)NO)cc2)cc1. The van der Waals surface area contributed by atoms with E-state index in [-0.39, 0.29) is 25.0 Å². The molecule has 0 aliphatic rings. The summed E-state index contributed by atoms with van der Waals surface area (Å²) in [6, 6.07) is 12.7. The molecule has 3 amide bonds. The first-order valence-corrected chi connectivity index (χ1v) is 10.5. The lowest BCUT2D eigenvalue weighted by Gasteiger charge is -2.14. The van der Waals surface area contributed by atoms with Crippen LogP contribution >= 0.6 is 0 Å². The van der Waals surface area contributed by atoms with Crippen molar-refractivity contribution in [3.05, 3.63) is 65.2 Å². The maximum atomic E-state index is 12.2. The van der Waals surface area contributed by atoms with Crippen LogP contribution in [0.15, 0.2) is 48.5 Å². The zero-order valence-electron chi connectivity index (χ0n) is 18.9.